The fraction of sp³-hybridized carbons (Fsp3) is 0.0189. The van der Waals surface area contributed by atoms with Crippen LogP contribution in [0.15, 0.2) is 164 Å². The molecule has 0 saturated heterocycles. The van der Waals surface area contributed by atoms with Crippen molar-refractivity contribution < 1.29 is 0 Å². The number of nitrogens with zero attached hydrogens (tertiary/aromatic N) is 2. The maximum absolute atomic E-state index is 6.43. The second-order valence-corrected chi connectivity index (χ2v) is 15.9. The van der Waals surface area contributed by atoms with E-state index in [4.69, 9.17) is 49.2 Å². The van der Waals surface area contributed by atoms with E-state index in [2.05, 4.69) is 121 Å². The molecule has 0 amide bonds. The molecular weight excluding hydrogens is 719 g/mol. The van der Waals surface area contributed by atoms with Crippen molar-refractivity contribution in [3.63, 3.8) is 0 Å². The maximum atomic E-state index is 6.43. The molecule has 1 heterocycles. The Hall–Kier alpha value is -6.84. The highest BCUT2D eigenvalue weighted by molar-refractivity contribution is 6.68. The van der Waals surface area contributed by atoms with Crippen LogP contribution in [0, 0.1) is 0 Å². The molecule has 0 N–H and O–H groups in total. The molecule has 2 aliphatic rings. The predicted octanol–water partition coefficient (Wildman–Crippen LogP) is 7.25. The zero-order chi connectivity index (χ0) is 40.4. The van der Waals surface area contributed by atoms with Crippen molar-refractivity contribution in [2.45, 2.75) is 5.41 Å². The third-order valence-corrected chi connectivity index (χ3v) is 13.0. The summed E-state index contributed by atoms with van der Waals surface area (Å²) in [5.74, 6) is 0.644. The Morgan fingerprint density at radius 1 is 0.350 bits per heavy atom. The molecule has 1 atom stereocenters. The van der Waals surface area contributed by atoms with Crippen molar-refractivity contribution in [3.8, 4) is 56.0 Å². The van der Waals surface area contributed by atoms with Gasteiger partial charge in [-0.3, -0.25) is 0 Å². The Labute approximate surface area is 354 Å². The Balaban J connectivity index is 1.07. The number of hydrogen-bond donors (Lipinski definition) is 0. The first-order valence-corrected chi connectivity index (χ1v) is 20.0. The first-order valence-electron chi connectivity index (χ1n) is 20.0. The van der Waals surface area contributed by atoms with E-state index in [1.165, 1.54) is 66.1 Å². The van der Waals surface area contributed by atoms with Crippen LogP contribution in [0.4, 0.5) is 0 Å². The zero-order valence-electron chi connectivity index (χ0n) is 32.4. The maximum Gasteiger partial charge on any atom is 0.160 e. The highest BCUT2D eigenvalue weighted by Crippen LogP contribution is 2.65. The normalized spacial score (nSPS) is 14.7. The summed E-state index contributed by atoms with van der Waals surface area (Å²) in [6.45, 7) is 0. The van der Waals surface area contributed by atoms with E-state index in [0.717, 1.165) is 33.3 Å². The van der Waals surface area contributed by atoms with E-state index in [-0.39, 0.29) is 16.4 Å². The molecule has 0 saturated carbocycles. The molecule has 1 unspecified atom stereocenters. The van der Waals surface area contributed by atoms with Crippen molar-refractivity contribution in [2.24, 2.45) is 0 Å². The Morgan fingerprint density at radius 2 is 0.850 bits per heavy atom. The van der Waals surface area contributed by atoms with Gasteiger partial charge in [0, 0.05) is 16.5 Å². The van der Waals surface area contributed by atoms with Gasteiger partial charge in [0.05, 0.1) is 16.6 Å². The molecule has 0 aliphatic heterocycles. The average molecular weight is 746 g/mol. The van der Waals surface area contributed by atoms with Crippen molar-refractivity contribution in [2.75, 3.05) is 0 Å². The summed E-state index contributed by atoms with van der Waals surface area (Å²) < 4.78 is 0. The van der Waals surface area contributed by atoms with Gasteiger partial charge < -0.3 is 0 Å². The number of benzene rings is 9. The summed E-state index contributed by atoms with van der Waals surface area (Å²) in [6, 6.07) is 58.6. The number of para-hydroxylation sites is 1. The molecule has 10 radical (unpaired) electrons. The summed E-state index contributed by atoms with van der Waals surface area (Å²) >= 11 is 0. The van der Waals surface area contributed by atoms with Gasteiger partial charge in [-0.25, -0.2) is 9.97 Å². The Morgan fingerprint density at radius 3 is 1.57 bits per heavy atom. The molecule has 1 spiro atoms. The summed E-state index contributed by atoms with van der Waals surface area (Å²) in [5, 5.41) is 6.03. The van der Waals surface area contributed by atoms with Crippen LogP contribution in [-0.2, 0) is 5.41 Å². The molecule has 0 bridgehead atoms. The SMILES string of the molecule is [B]c1c([B])c([B])c(-c2ccc(-c3nc(-c4ccc5c(c4)-c4ccccc4C54c5ccccc5-c5c4c4ccccc4c4ccccc54)nc4ccccc34)cc2)c([B])c1[B]. The minimum atomic E-state index is -0.524. The Bertz CT molecular complexity index is 3480. The van der Waals surface area contributed by atoms with Crippen LogP contribution in [0.2, 0.25) is 0 Å². The zero-order valence-corrected chi connectivity index (χ0v) is 32.4. The van der Waals surface area contributed by atoms with E-state index in [1.807, 2.05) is 42.5 Å². The van der Waals surface area contributed by atoms with Gasteiger partial charge in [-0.1, -0.05) is 163 Å². The van der Waals surface area contributed by atoms with Crippen molar-refractivity contribution >= 4 is 99.0 Å². The summed E-state index contributed by atoms with van der Waals surface area (Å²) in [6.07, 6.45) is 0. The molecule has 2 nitrogen and oxygen atoms in total. The Kier molecular flexibility index (Phi) is 7.51. The molecule has 10 aromatic rings. The van der Waals surface area contributed by atoms with Crippen LogP contribution < -0.4 is 27.3 Å². The van der Waals surface area contributed by atoms with Crippen molar-refractivity contribution in [3.05, 3.63) is 186 Å². The second-order valence-electron chi connectivity index (χ2n) is 15.9. The topological polar surface area (TPSA) is 25.8 Å². The lowest BCUT2D eigenvalue weighted by Gasteiger charge is -2.31. The lowest BCUT2D eigenvalue weighted by molar-refractivity contribution is 0.802. The van der Waals surface area contributed by atoms with Crippen molar-refractivity contribution in [1.29, 1.82) is 0 Å². The van der Waals surface area contributed by atoms with Gasteiger partial charge >= 0.3 is 0 Å². The van der Waals surface area contributed by atoms with Crippen LogP contribution in [0.3, 0.4) is 0 Å². The molecule has 1 aromatic heterocycles. The van der Waals surface area contributed by atoms with Gasteiger partial charge in [-0.15, -0.1) is 16.4 Å². The first kappa shape index (κ1) is 35.1. The molecule has 2 aliphatic carbocycles. The van der Waals surface area contributed by atoms with Gasteiger partial charge in [0.25, 0.3) is 0 Å². The summed E-state index contributed by atoms with van der Waals surface area (Å²) in [7, 11) is 31.4. The van der Waals surface area contributed by atoms with E-state index in [9.17, 15) is 0 Å². The fourth-order valence-electron chi connectivity index (χ4n) is 10.3. The fourth-order valence-corrected chi connectivity index (χ4v) is 10.3. The van der Waals surface area contributed by atoms with E-state index < -0.39 is 5.41 Å². The summed E-state index contributed by atoms with van der Waals surface area (Å²) in [5.41, 5.74) is 15.7. The summed E-state index contributed by atoms with van der Waals surface area (Å²) in [4.78, 5) is 10.5. The predicted molar refractivity (Wildman–Crippen MR) is 254 cm³/mol. The number of aromatic nitrogens is 2. The van der Waals surface area contributed by atoms with E-state index in [1.54, 1.807) is 0 Å². The van der Waals surface area contributed by atoms with Gasteiger partial charge in [-0.05, 0) is 89.3 Å². The quantitative estimate of drug-likeness (QED) is 0.141. The number of hydrogen-bond acceptors (Lipinski definition) is 2. The molecule has 60 heavy (non-hydrogen) atoms. The van der Waals surface area contributed by atoms with Crippen LogP contribution in [0.5, 0.6) is 0 Å². The lowest BCUT2D eigenvalue weighted by atomic mass is 9.59. The standard InChI is InChI=1S/C53H27B5N2/c54-46-43(47(55)49(57)50(58)48(46)56)28-21-23-29(24-22-28)51-37-17-7-10-20-42(37)59-52(60-51)30-25-26-41-38(27-30)33-13-5-8-18-39(33)53(41)40-19-9-6-16-36(40)44-34-14-3-1-11-31(34)32-12-2-4-15-35(32)45(44)53/h1-27H. The number of rotatable bonds is 3. The largest absolute Gasteiger partial charge is 0.228 e. The highest BCUT2D eigenvalue weighted by Gasteiger charge is 2.53. The van der Waals surface area contributed by atoms with Gasteiger partial charge in [0.2, 0.25) is 0 Å². The first-order chi connectivity index (χ1) is 29.4. The van der Waals surface area contributed by atoms with Crippen LogP contribution >= 0.6 is 0 Å². The molecule has 12 rings (SSSR count). The lowest BCUT2D eigenvalue weighted by Crippen LogP contribution is -2.55. The minimum absolute atomic E-state index is 0.190. The highest BCUT2D eigenvalue weighted by atomic mass is 14.9. The molecule has 0 fully saturated rings. The van der Waals surface area contributed by atoms with Gasteiger partial charge in [0.1, 0.15) is 39.2 Å². The van der Waals surface area contributed by atoms with Crippen LogP contribution in [0.25, 0.3) is 88.5 Å². The second kappa shape index (κ2) is 12.8. The molecular formula is C53H27B5N2. The van der Waals surface area contributed by atoms with Gasteiger partial charge in [-0.2, -0.15) is 0 Å². The minimum Gasteiger partial charge on any atom is -0.228 e. The third kappa shape index (κ3) is 4.61. The van der Waals surface area contributed by atoms with Crippen LogP contribution in [-0.4, -0.2) is 49.2 Å². The average Bonchev–Trinajstić information content (AvgIpc) is 3.78. The number of fused-ring (bicyclic) bond motifs is 16. The monoisotopic (exact) mass is 746 g/mol. The molecule has 9 aromatic carbocycles. The van der Waals surface area contributed by atoms with E-state index >= 15 is 0 Å². The van der Waals surface area contributed by atoms with E-state index in [0.29, 0.717) is 22.3 Å². The van der Waals surface area contributed by atoms with Crippen LogP contribution in [0.1, 0.15) is 22.3 Å². The van der Waals surface area contributed by atoms with Crippen molar-refractivity contribution in [1.82, 2.24) is 9.97 Å². The van der Waals surface area contributed by atoms with Gasteiger partial charge in [0.15, 0.2) is 5.82 Å². The molecule has 264 valence electrons. The molecule has 7 heteroatoms. The third-order valence-electron chi connectivity index (χ3n) is 13.0. The smallest absolute Gasteiger partial charge is 0.160 e.